The Morgan fingerprint density at radius 2 is 1.68 bits per heavy atom. The molecule has 1 aromatic heterocycles. The third-order valence-electron chi connectivity index (χ3n) is 5.67. The van der Waals surface area contributed by atoms with Gasteiger partial charge in [0.1, 0.15) is 11.1 Å². The number of amides is 1. The zero-order chi connectivity index (χ0) is 22.0. The van der Waals surface area contributed by atoms with Crippen molar-refractivity contribution in [3.63, 3.8) is 0 Å². The molecule has 156 valence electrons. The van der Waals surface area contributed by atoms with E-state index in [1.54, 1.807) is 0 Å². The van der Waals surface area contributed by atoms with Gasteiger partial charge in [0.2, 0.25) is 5.91 Å². The SMILES string of the molecule is CCC(Sc1nc(C)cc(C)c1C#N)C(=O)N1c2ccccc2CCc2ccccc21. The molecule has 0 saturated heterocycles. The fourth-order valence-corrected chi connectivity index (χ4v) is 5.29. The van der Waals surface area contributed by atoms with Crippen LogP contribution in [0.2, 0.25) is 0 Å². The number of anilines is 2. The first-order chi connectivity index (χ1) is 15.0. The molecule has 4 nitrogen and oxygen atoms in total. The minimum Gasteiger partial charge on any atom is -0.280 e. The van der Waals surface area contributed by atoms with Gasteiger partial charge in [-0.1, -0.05) is 55.1 Å². The topological polar surface area (TPSA) is 57.0 Å². The van der Waals surface area contributed by atoms with Gasteiger partial charge in [0.05, 0.1) is 22.2 Å². The molecular weight excluding hydrogens is 402 g/mol. The van der Waals surface area contributed by atoms with Crippen molar-refractivity contribution < 1.29 is 4.79 Å². The fraction of sp³-hybridized carbons (Fsp3) is 0.269. The molecule has 1 aliphatic rings. The maximum Gasteiger partial charge on any atom is 0.245 e. The van der Waals surface area contributed by atoms with Crippen molar-refractivity contribution in [2.24, 2.45) is 0 Å². The Morgan fingerprint density at radius 1 is 1.10 bits per heavy atom. The molecule has 0 bridgehead atoms. The third kappa shape index (κ3) is 4.08. The molecule has 0 N–H and O–H groups in total. The van der Waals surface area contributed by atoms with Gasteiger partial charge in [-0.25, -0.2) is 4.98 Å². The quantitative estimate of drug-likeness (QED) is 0.486. The smallest absolute Gasteiger partial charge is 0.245 e. The Hall–Kier alpha value is -3.10. The van der Waals surface area contributed by atoms with Crippen LogP contribution < -0.4 is 4.90 Å². The maximum atomic E-state index is 14.0. The number of nitriles is 1. The first kappa shape index (κ1) is 21.1. The average molecular weight is 428 g/mol. The normalized spacial score (nSPS) is 13.5. The number of nitrogens with zero attached hydrogens (tertiary/aromatic N) is 3. The Kier molecular flexibility index (Phi) is 6.11. The van der Waals surface area contributed by atoms with Gasteiger partial charge in [0.15, 0.2) is 0 Å². The molecule has 1 aliphatic heterocycles. The van der Waals surface area contributed by atoms with Gasteiger partial charge in [-0.15, -0.1) is 0 Å². The van der Waals surface area contributed by atoms with Crippen molar-refractivity contribution in [2.45, 2.75) is 50.3 Å². The van der Waals surface area contributed by atoms with Crippen molar-refractivity contribution in [3.8, 4) is 6.07 Å². The van der Waals surface area contributed by atoms with E-state index in [0.717, 1.165) is 35.5 Å². The van der Waals surface area contributed by atoms with Gasteiger partial charge in [-0.3, -0.25) is 9.69 Å². The first-order valence-corrected chi connectivity index (χ1v) is 11.5. The highest BCUT2D eigenvalue weighted by Crippen LogP contribution is 2.39. The lowest BCUT2D eigenvalue weighted by Crippen LogP contribution is -2.34. The molecule has 5 heteroatoms. The second-order valence-electron chi connectivity index (χ2n) is 7.82. The molecule has 0 radical (unpaired) electrons. The van der Waals surface area contributed by atoms with Gasteiger partial charge in [-0.05, 0) is 68.0 Å². The number of aryl methyl sites for hydroxylation is 4. The molecule has 1 unspecified atom stereocenters. The summed E-state index contributed by atoms with van der Waals surface area (Å²) in [6.07, 6.45) is 2.44. The highest BCUT2D eigenvalue weighted by molar-refractivity contribution is 8.00. The van der Waals surface area contributed by atoms with Crippen LogP contribution in [0.3, 0.4) is 0 Å². The van der Waals surface area contributed by atoms with Crippen LogP contribution in [0.4, 0.5) is 11.4 Å². The predicted molar refractivity (Wildman–Crippen MR) is 126 cm³/mol. The Labute approximate surface area is 187 Å². The van der Waals surface area contributed by atoms with E-state index in [1.807, 2.05) is 68.1 Å². The molecule has 0 aliphatic carbocycles. The number of fused-ring (bicyclic) bond motifs is 2. The summed E-state index contributed by atoms with van der Waals surface area (Å²) >= 11 is 1.40. The third-order valence-corrected chi connectivity index (χ3v) is 7.01. The van der Waals surface area contributed by atoms with Crippen LogP contribution in [-0.4, -0.2) is 16.1 Å². The van der Waals surface area contributed by atoms with Crippen molar-refractivity contribution in [1.29, 1.82) is 5.26 Å². The summed E-state index contributed by atoms with van der Waals surface area (Å²) in [6.45, 7) is 5.85. The minimum absolute atomic E-state index is 0.0270. The number of pyridine rings is 1. The zero-order valence-corrected chi connectivity index (χ0v) is 18.9. The molecular formula is C26H25N3OS. The average Bonchev–Trinajstić information content (AvgIpc) is 2.93. The van der Waals surface area contributed by atoms with Crippen LogP contribution in [0.25, 0.3) is 0 Å². The second-order valence-corrected chi connectivity index (χ2v) is 9.01. The van der Waals surface area contributed by atoms with Gasteiger partial charge < -0.3 is 0 Å². The lowest BCUT2D eigenvalue weighted by molar-refractivity contribution is -0.117. The summed E-state index contributed by atoms with van der Waals surface area (Å²) in [5.41, 5.74) is 6.55. The second kappa shape index (κ2) is 8.95. The number of rotatable bonds is 4. The molecule has 2 heterocycles. The number of thioether (sulfide) groups is 1. The molecule has 2 aromatic carbocycles. The molecule has 1 amide bonds. The summed E-state index contributed by atoms with van der Waals surface area (Å²) in [4.78, 5) is 20.5. The van der Waals surface area contributed by atoms with E-state index in [1.165, 1.54) is 22.9 Å². The number of hydrogen-bond acceptors (Lipinski definition) is 4. The van der Waals surface area contributed by atoms with E-state index in [2.05, 4.69) is 23.2 Å². The lowest BCUT2D eigenvalue weighted by Gasteiger charge is -2.28. The highest BCUT2D eigenvalue weighted by atomic mass is 32.2. The largest absolute Gasteiger partial charge is 0.280 e. The van der Waals surface area contributed by atoms with Crippen molar-refractivity contribution in [2.75, 3.05) is 4.90 Å². The van der Waals surface area contributed by atoms with Gasteiger partial charge in [0.25, 0.3) is 0 Å². The van der Waals surface area contributed by atoms with Gasteiger partial charge in [-0.2, -0.15) is 5.26 Å². The molecule has 0 saturated carbocycles. The fourth-order valence-electron chi connectivity index (χ4n) is 4.13. The van der Waals surface area contributed by atoms with Crippen LogP contribution >= 0.6 is 11.8 Å². The van der Waals surface area contributed by atoms with Crippen LogP contribution in [0, 0.1) is 25.2 Å². The standard InChI is InChI=1S/C26H25N3OS/c1-4-24(31-25-21(16-27)17(2)15-18(3)28-25)26(30)29-22-11-7-5-9-19(22)13-14-20-10-6-8-12-23(20)29/h5-12,15,24H,4,13-14H2,1-3H3. The number of hydrogen-bond donors (Lipinski definition) is 0. The molecule has 31 heavy (non-hydrogen) atoms. The number of carbonyl (C=O) groups is 1. The summed E-state index contributed by atoms with van der Waals surface area (Å²) in [5, 5.41) is 9.95. The molecule has 1 atom stereocenters. The lowest BCUT2D eigenvalue weighted by atomic mass is 10.0. The Bertz CT molecular complexity index is 1130. The Balaban J connectivity index is 1.78. The number of carbonyl (C=O) groups excluding carboxylic acids is 1. The van der Waals surface area contributed by atoms with E-state index in [0.29, 0.717) is 17.0 Å². The van der Waals surface area contributed by atoms with Crippen molar-refractivity contribution in [1.82, 2.24) is 4.98 Å². The summed E-state index contributed by atoms with van der Waals surface area (Å²) in [7, 11) is 0. The minimum atomic E-state index is -0.347. The maximum absolute atomic E-state index is 14.0. The summed E-state index contributed by atoms with van der Waals surface area (Å²) < 4.78 is 0. The van der Waals surface area contributed by atoms with E-state index >= 15 is 0 Å². The molecule has 4 rings (SSSR count). The summed E-state index contributed by atoms with van der Waals surface area (Å²) in [6, 6.07) is 20.5. The zero-order valence-electron chi connectivity index (χ0n) is 18.1. The van der Waals surface area contributed by atoms with E-state index in [-0.39, 0.29) is 11.2 Å². The van der Waals surface area contributed by atoms with Crippen LogP contribution in [0.15, 0.2) is 59.6 Å². The van der Waals surface area contributed by atoms with Crippen molar-refractivity contribution in [3.05, 3.63) is 82.5 Å². The molecule has 0 spiro atoms. The highest BCUT2D eigenvalue weighted by Gasteiger charge is 2.31. The number of aromatic nitrogens is 1. The van der Waals surface area contributed by atoms with E-state index < -0.39 is 0 Å². The van der Waals surface area contributed by atoms with Crippen LogP contribution in [0.1, 0.15) is 41.3 Å². The van der Waals surface area contributed by atoms with E-state index in [4.69, 9.17) is 0 Å². The number of benzene rings is 2. The summed E-state index contributed by atoms with van der Waals surface area (Å²) in [5.74, 6) is 0.0270. The Morgan fingerprint density at radius 3 is 2.23 bits per heavy atom. The van der Waals surface area contributed by atoms with Crippen LogP contribution in [0.5, 0.6) is 0 Å². The molecule has 3 aromatic rings. The van der Waals surface area contributed by atoms with Crippen LogP contribution in [-0.2, 0) is 17.6 Å². The van der Waals surface area contributed by atoms with Gasteiger partial charge in [0, 0.05) is 5.69 Å². The van der Waals surface area contributed by atoms with Gasteiger partial charge >= 0.3 is 0 Å². The first-order valence-electron chi connectivity index (χ1n) is 10.6. The monoisotopic (exact) mass is 427 g/mol. The number of para-hydroxylation sites is 2. The van der Waals surface area contributed by atoms with Crippen molar-refractivity contribution >= 4 is 29.0 Å². The predicted octanol–water partition coefficient (Wildman–Crippen LogP) is 5.90. The molecule has 0 fully saturated rings. The van der Waals surface area contributed by atoms with E-state index in [9.17, 15) is 10.1 Å².